The van der Waals surface area contributed by atoms with E-state index >= 15 is 0 Å². The van der Waals surface area contributed by atoms with E-state index in [1.54, 1.807) is 23.1 Å². The van der Waals surface area contributed by atoms with Crippen molar-refractivity contribution >= 4 is 28.1 Å². The van der Waals surface area contributed by atoms with Crippen molar-refractivity contribution in [1.29, 1.82) is 0 Å². The van der Waals surface area contributed by atoms with Gasteiger partial charge >= 0.3 is 0 Å². The maximum absolute atomic E-state index is 12.9. The minimum absolute atomic E-state index is 0.0472. The molecule has 30 heavy (non-hydrogen) atoms. The molecule has 152 valence electrons. The molecule has 0 bridgehead atoms. The highest BCUT2D eigenvalue weighted by atomic mass is 32.1. The van der Waals surface area contributed by atoms with Crippen LogP contribution >= 0.6 is 11.3 Å². The summed E-state index contributed by atoms with van der Waals surface area (Å²) in [4.78, 5) is 38.7. The van der Waals surface area contributed by atoms with Gasteiger partial charge in [0.1, 0.15) is 10.8 Å². The van der Waals surface area contributed by atoms with Crippen LogP contribution in [0.1, 0.15) is 24.0 Å². The number of nitrogens with zero attached hydrogens (tertiary/aromatic N) is 3. The number of carbonyl (C=O) groups is 1. The number of thiazole rings is 1. The average Bonchev–Trinajstić information content (AvgIpc) is 3.21. The third kappa shape index (κ3) is 4.31. The fraction of sp³-hybridized carbons (Fsp3) is 0.217. The summed E-state index contributed by atoms with van der Waals surface area (Å²) in [6, 6.07) is 15.4. The number of amides is 1. The summed E-state index contributed by atoms with van der Waals surface area (Å²) in [5.74, 6) is 0.432. The normalized spacial score (nSPS) is 11.0. The van der Waals surface area contributed by atoms with E-state index in [9.17, 15) is 9.59 Å². The topological polar surface area (TPSA) is 79.0 Å². The molecule has 0 aliphatic rings. The van der Waals surface area contributed by atoms with Gasteiger partial charge in [-0.15, -0.1) is 11.3 Å². The fourth-order valence-electron chi connectivity index (χ4n) is 3.25. The average molecular weight is 419 g/mol. The summed E-state index contributed by atoms with van der Waals surface area (Å²) in [7, 11) is 0. The molecule has 2 aromatic carbocycles. The van der Waals surface area contributed by atoms with E-state index in [1.165, 1.54) is 16.9 Å². The highest BCUT2D eigenvalue weighted by Crippen LogP contribution is 2.24. The maximum atomic E-state index is 12.9. The molecule has 1 N–H and O–H groups in total. The number of fused-ring (bicyclic) bond motifs is 1. The number of para-hydroxylation sites is 1. The van der Waals surface area contributed by atoms with Gasteiger partial charge in [0.2, 0.25) is 5.91 Å². The van der Waals surface area contributed by atoms with Gasteiger partial charge in [0, 0.05) is 17.5 Å². The first-order chi connectivity index (χ1) is 14.5. The van der Waals surface area contributed by atoms with Crippen LogP contribution in [0.15, 0.2) is 58.7 Å². The Morgan fingerprint density at radius 2 is 1.87 bits per heavy atom. The van der Waals surface area contributed by atoms with Crippen molar-refractivity contribution in [2.45, 2.75) is 26.8 Å². The SMILES string of the molecule is CCN(Cc1nc2ccccc2c(=O)[nH]1)C(=O)Cc1csc(-c2ccc(C)cc2)n1. The van der Waals surface area contributed by atoms with Crippen LogP contribution in [0, 0.1) is 6.92 Å². The Morgan fingerprint density at radius 1 is 1.10 bits per heavy atom. The predicted molar refractivity (Wildman–Crippen MR) is 119 cm³/mol. The minimum Gasteiger partial charge on any atom is -0.335 e. The molecule has 2 aromatic heterocycles. The van der Waals surface area contributed by atoms with Gasteiger partial charge in [-0.05, 0) is 26.0 Å². The van der Waals surface area contributed by atoms with Crippen LogP contribution < -0.4 is 5.56 Å². The van der Waals surface area contributed by atoms with Gasteiger partial charge in [0.05, 0.1) is 29.6 Å². The van der Waals surface area contributed by atoms with Crippen molar-refractivity contribution in [2.24, 2.45) is 0 Å². The number of aromatic nitrogens is 3. The summed E-state index contributed by atoms with van der Waals surface area (Å²) in [5.41, 5.74) is 3.43. The molecule has 4 aromatic rings. The van der Waals surface area contributed by atoms with Crippen molar-refractivity contribution in [3.05, 3.63) is 81.3 Å². The van der Waals surface area contributed by atoms with Crippen molar-refractivity contribution in [3.8, 4) is 10.6 Å². The van der Waals surface area contributed by atoms with Crippen molar-refractivity contribution in [2.75, 3.05) is 6.54 Å². The third-order valence-electron chi connectivity index (χ3n) is 4.92. The lowest BCUT2D eigenvalue weighted by Gasteiger charge is -2.20. The number of likely N-dealkylation sites (N-methyl/N-ethyl adjacent to an activating group) is 1. The van der Waals surface area contributed by atoms with Gasteiger partial charge in [-0.2, -0.15) is 0 Å². The van der Waals surface area contributed by atoms with E-state index < -0.39 is 0 Å². The molecule has 0 atom stereocenters. The number of benzene rings is 2. The number of hydrogen-bond donors (Lipinski definition) is 1. The molecule has 2 heterocycles. The third-order valence-corrected chi connectivity index (χ3v) is 5.86. The molecule has 1 amide bonds. The van der Waals surface area contributed by atoms with Crippen molar-refractivity contribution < 1.29 is 4.79 Å². The fourth-order valence-corrected chi connectivity index (χ4v) is 4.08. The molecule has 6 nitrogen and oxygen atoms in total. The van der Waals surface area contributed by atoms with E-state index in [-0.39, 0.29) is 24.4 Å². The van der Waals surface area contributed by atoms with Crippen molar-refractivity contribution in [3.63, 3.8) is 0 Å². The van der Waals surface area contributed by atoms with E-state index in [0.29, 0.717) is 23.3 Å². The van der Waals surface area contributed by atoms with Gasteiger partial charge in [0.15, 0.2) is 0 Å². The molecule has 4 rings (SSSR count). The molecule has 0 unspecified atom stereocenters. The number of H-pyrrole nitrogens is 1. The number of aryl methyl sites for hydroxylation is 1. The summed E-state index contributed by atoms with van der Waals surface area (Å²) in [6.07, 6.45) is 0.216. The van der Waals surface area contributed by atoms with Gasteiger partial charge < -0.3 is 9.88 Å². The molecule has 7 heteroatoms. The Balaban J connectivity index is 1.48. The van der Waals surface area contributed by atoms with Gasteiger partial charge in [-0.1, -0.05) is 42.0 Å². The number of nitrogens with one attached hydrogen (secondary N) is 1. The first-order valence-corrected chi connectivity index (χ1v) is 10.7. The molecule has 0 aliphatic carbocycles. The van der Waals surface area contributed by atoms with Crippen molar-refractivity contribution in [1.82, 2.24) is 19.9 Å². The summed E-state index contributed by atoms with van der Waals surface area (Å²) < 4.78 is 0. The van der Waals surface area contributed by atoms with Gasteiger partial charge in [-0.25, -0.2) is 9.97 Å². The number of hydrogen-bond acceptors (Lipinski definition) is 5. The quantitative estimate of drug-likeness (QED) is 0.514. The predicted octanol–water partition coefficient (Wildman–Crippen LogP) is 3.95. The molecular formula is C23H22N4O2S. The smallest absolute Gasteiger partial charge is 0.258 e. The van der Waals surface area contributed by atoms with E-state index in [1.807, 2.05) is 37.4 Å². The standard InChI is InChI=1S/C23H22N4O2S/c1-3-27(13-20-25-19-7-5-4-6-18(19)22(29)26-20)21(28)12-17-14-30-23(24-17)16-10-8-15(2)9-11-16/h4-11,14H,3,12-13H2,1-2H3,(H,25,26,29). The molecule has 0 radical (unpaired) electrons. The highest BCUT2D eigenvalue weighted by molar-refractivity contribution is 7.13. The number of carbonyl (C=O) groups excluding carboxylic acids is 1. The second-order valence-corrected chi connectivity index (χ2v) is 7.98. The van der Waals surface area contributed by atoms with E-state index in [2.05, 4.69) is 27.1 Å². The second kappa shape index (κ2) is 8.59. The Hall–Kier alpha value is -3.32. The van der Waals surface area contributed by atoms with Gasteiger partial charge in [-0.3, -0.25) is 9.59 Å². The summed E-state index contributed by atoms with van der Waals surface area (Å²) in [5, 5.41) is 3.37. The van der Waals surface area contributed by atoms with Crippen LogP contribution in [0.3, 0.4) is 0 Å². The Kier molecular flexibility index (Phi) is 5.72. The zero-order chi connectivity index (χ0) is 21.1. The first-order valence-electron chi connectivity index (χ1n) is 9.80. The van der Waals surface area contributed by atoms with Crippen LogP contribution in [-0.4, -0.2) is 32.3 Å². The lowest BCUT2D eigenvalue weighted by Crippen LogP contribution is -2.33. The minimum atomic E-state index is -0.193. The van der Waals surface area contributed by atoms with Crippen LogP contribution in [0.2, 0.25) is 0 Å². The lowest BCUT2D eigenvalue weighted by atomic mass is 10.2. The zero-order valence-corrected chi connectivity index (χ0v) is 17.7. The summed E-state index contributed by atoms with van der Waals surface area (Å²) >= 11 is 1.54. The molecular weight excluding hydrogens is 396 g/mol. The van der Waals surface area contributed by atoms with Gasteiger partial charge in [0.25, 0.3) is 5.56 Å². The zero-order valence-electron chi connectivity index (χ0n) is 16.9. The molecule has 0 aliphatic heterocycles. The lowest BCUT2D eigenvalue weighted by molar-refractivity contribution is -0.131. The second-order valence-electron chi connectivity index (χ2n) is 7.12. The Labute approximate surface area is 178 Å². The van der Waals surface area contributed by atoms with Crippen LogP contribution in [0.5, 0.6) is 0 Å². The molecule has 0 fully saturated rings. The monoisotopic (exact) mass is 418 g/mol. The van der Waals surface area contributed by atoms with Crippen LogP contribution in [-0.2, 0) is 17.8 Å². The Bertz CT molecular complexity index is 1240. The first kappa shape index (κ1) is 20.0. The van der Waals surface area contributed by atoms with E-state index in [4.69, 9.17) is 0 Å². The van der Waals surface area contributed by atoms with E-state index in [0.717, 1.165) is 16.3 Å². The number of aromatic amines is 1. The highest BCUT2D eigenvalue weighted by Gasteiger charge is 2.17. The number of rotatable bonds is 6. The van der Waals surface area contributed by atoms with Crippen LogP contribution in [0.4, 0.5) is 0 Å². The molecule has 0 saturated carbocycles. The summed E-state index contributed by atoms with van der Waals surface area (Å²) in [6.45, 7) is 4.73. The Morgan fingerprint density at radius 3 is 2.63 bits per heavy atom. The maximum Gasteiger partial charge on any atom is 0.258 e. The molecule has 0 saturated heterocycles. The largest absolute Gasteiger partial charge is 0.335 e. The molecule has 0 spiro atoms. The van der Waals surface area contributed by atoms with Crippen LogP contribution in [0.25, 0.3) is 21.5 Å².